The van der Waals surface area contributed by atoms with Gasteiger partial charge in [0.25, 0.3) is 0 Å². The topological polar surface area (TPSA) is 109 Å². The first-order chi connectivity index (χ1) is 18.0. The Balaban J connectivity index is 1.50. The summed E-state index contributed by atoms with van der Waals surface area (Å²) in [7, 11) is 0. The maximum atomic E-state index is 14.2. The second kappa shape index (κ2) is 10.8. The number of morpholine rings is 1. The summed E-state index contributed by atoms with van der Waals surface area (Å²) in [5.41, 5.74) is -2.27. The van der Waals surface area contributed by atoms with Crippen molar-refractivity contribution in [1.29, 1.82) is 0 Å². The molecule has 3 saturated heterocycles. The van der Waals surface area contributed by atoms with E-state index in [1.165, 1.54) is 0 Å². The fraction of sp³-hybridized carbons (Fsp3) is 0.741. The molecule has 1 unspecified atom stereocenters. The van der Waals surface area contributed by atoms with Gasteiger partial charge in [0.15, 0.2) is 0 Å². The molecule has 0 radical (unpaired) electrons. The van der Waals surface area contributed by atoms with E-state index in [1.807, 2.05) is 31.2 Å². The first-order valence-corrected chi connectivity index (χ1v) is 13.7. The Morgan fingerprint density at radius 2 is 1.78 bits per heavy atom. The van der Waals surface area contributed by atoms with Crippen LogP contribution in [0, 0.1) is 11.8 Å². The minimum atomic E-state index is -1.25. The van der Waals surface area contributed by atoms with Crippen LogP contribution < -0.4 is 0 Å². The fourth-order valence-corrected chi connectivity index (χ4v) is 6.70. The smallest absolute Gasteiger partial charge is 0.313 e. The van der Waals surface area contributed by atoms with Crippen molar-refractivity contribution in [3.05, 3.63) is 24.3 Å². The molecule has 0 aliphatic carbocycles. The average Bonchev–Trinajstić information content (AvgIpc) is 3.24. The van der Waals surface area contributed by atoms with Crippen molar-refractivity contribution >= 4 is 17.8 Å². The summed E-state index contributed by atoms with van der Waals surface area (Å²) >= 11 is 0. The highest BCUT2D eigenvalue weighted by Crippen LogP contribution is 2.58. The van der Waals surface area contributed by atoms with E-state index in [9.17, 15) is 19.5 Å². The Bertz CT molecular complexity index is 948. The highest BCUT2D eigenvalue weighted by Gasteiger charge is 2.75. The Labute approximate surface area is 218 Å². The van der Waals surface area contributed by atoms with E-state index in [2.05, 4.69) is 4.90 Å². The maximum Gasteiger partial charge on any atom is 0.313 e. The van der Waals surface area contributed by atoms with E-state index in [1.54, 1.807) is 9.80 Å². The second-order valence-corrected chi connectivity index (χ2v) is 10.6. The predicted molar refractivity (Wildman–Crippen MR) is 133 cm³/mol. The summed E-state index contributed by atoms with van der Waals surface area (Å²) in [6.07, 6.45) is 9.81. The summed E-state index contributed by atoms with van der Waals surface area (Å²) in [5.74, 6) is -2.52. The van der Waals surface area contributed by atoms with Gasteiger partial charge in [0, 0.05) is 45.9 Å². The van der Waals surface area contributed by atoms with Crippen molar-refractivity contribution in [2.24, 2.45) is 11.8 Å². The third-order valence-electron chi connectivity index (χ3n) is 8.58. The van der Waals surface area contributed by atoms with Crippen LogP contribution in [0.1, 0.15) is 32.6 Å². The van der Waals surface area contributed by atoms with Gasteiger partial charge >= 0.3 is 5.97 Å². The molecular formula is C27H39N3O7. The van der Waals surface area contributed by atoms with Crippen LogP contribution in [0.2, 0.25) is 0 Å². The quantitative estimate of drug-likeness (QED) is 0.279. The monoisotopic (exact) mass is 517 g/mol. The van der Waals surface area contributed by atoms with Gasteiger partial charge in [-0.25, -0.2) is 0 Å². The Hall–Kier alpha value is -2.27. The van der Waals surface area contributed by atoms with Gasteiger partial charge in [0.1, 0.15) is 23.2 Å². The second-order valence-electron chi connectivity index (χ2n) is 10.6. The molecule has 0 aromatic heterocycles. The largest absolute Gasteiger partial charge is 0.465 e. The summed E-state index contributed by atoms with van der Waals surface area (Å²) < 4.78 is 17.9. The van der Waals surface area contributed by atoms with Crippen LogP contribution in [0.15, 0.2) is 24.3 Å². The van der Waals surface area contributed by atoms with E-state index in [4.69, 9.17) is 14.2 Å². The van der Waals surface area contributed by atoms with Crippen LogP contribution in [0.4, 0.5) is 0 Å². The number of ether oxygens (including phenoxy) is 3. The number of carbonyl (C=O) groups excluding carboxylic acids is 3. The average molecular weight is 518 g/mol. The maximum absolute atomic E-state index is 14.2. The van der Waals surface area contributed by atoms with Crippen LogP contribution in [0.5, 0.6) is 0 Å². The number of aliphatic hydroxyl groups excluding tert-OH is 1. The van der Waals surface area contributed by atoms with Gasteiger partial charge in [-0.3, -0.25) is 19.3 Å². The molecule has 2 amide bonds. The van der Waals surface area contributed by atoms with Gasteiger partial charge in [-0.1, -0.05) is 31.2 Å². The Morgan fingerprint density at radius 3 is 2.54 bits per heavy atom. The van der Waals surface area contributed by atoms with E-state index >= 15 is 0 Å². The zero-order chi connectivity index (χ0) is 26.0. The van der Waals surface area contributed by atoms with E-state index in [0.29, 0.717) is 58.5 Å². The molecule has 5 aliphatic heterocycles. The number of nitrogens with zero attached hydrogens (tertiary/aromatic N) is 3. The van der Waals surface area contributed by atoms with Crippen molar-refractivity contribution in [3.8, 4) is 0 Å². The van der Waals surface area contributed by atoms with Crippen molar-refractivity contribution in [1.82, 2.24) is 14.7 Å². The van der Waals surface area contributed by atoms with Gasteiger partial charge < -0.3 is 29.1 Å². The molecule has 0 bridgehead atoms. The van der Waals surface area contributed by atoms with Crippen molar-refractivity contribution in [3.63, 3.8) is 0 Å². The lowest BCUT2D eigenvalue weighted by Crippen LogP contribution is -2.57. The Kier molecular flexibility index (Phi) is 7.72. The molecule has 10 heteroatoms. The first kappa shape index (κ1) is 26.3. The van der Waals surface area contributed by atoms with Gasteiger partial charge in [-0.15, -0.1) is 0 Å². The highest BCUT2D eigenvalue weighted by atomic mass is 16.6. The van der Waals surface area contributed by atoms with Crippen LogP contribution in [-0.4, -0.2) is 121 Å². The van der Waals surface area contributed by atoms with Crippen molar-refractivity contribution in [2.75, 3.05) is 65.7 Å². The normalized spacial score (nSPS) is 36.1. The molecule has 10 nitrogen and oxygen atoms in total. The zero-order valence-electron chi connectivity index (χ0n) is 21.7. The van der Waals surface area contributed by atoms with Gasteiger partial charge in [-0.2, -0.15) is 0 Å². The van der Waals surface area contributed by atoms with Crippen LogP contribution in [-0.2, 0) is 28.6 Å². The van der Waals surface area contributed by atoms with Crippen molar-refractivity contribution in [2.45, 2.75) is 49.9 Å². The molecule has 5 aliphatic rings. The Morgan fingerprint density at radius 1 is 0.973 bits per heavy atom. The number of fused-ring (bicyclic) bond motifs is 2. The third kappa shape index (κ3) is 4.51. The summed E-state index contributed by atoms with van der Waals surface area (Å²) in [6.45, 7) is 7.24. The predicted octanol–water partition coefficient (Wildman–Crippen LogP) is 0.354. The minimum absolute atomic E-state index is 0.00990. The fourth-order valence-electron chi connectivity index (χ4n) is 6.70. The lowest BCUT2D eigenvalue weighted by atomic mass is 9.73. The molecule has 0 aromatic carbocycles. The van der Waals surface area contributed by atoms with Gasteiger partial charge in [-0.05, 0) is 25.7 Å². The molecule has 0 aromatic rings. The molecule has 5 atom stereocenters. The molecule has 1 N–H and O–H groups in total. The van der Waals surface area contributed by atoms with E-state index in [-0.39, 0.29) is 25.0 Å². The number of esters is 1. The molecule has 3 fully saturated rings. The van der Waals surface area contributed by atoms with E-state index < -0.39 is 35.0 Å². The number of cyclic esters (lactones) is 1. The molecule has 5 rings (SSSR count). The first-order valence-electron chi connectivity index (χ1n) is 13.7. The number of hydrogen-bond donors (Lipinski definition) is 1. The molecule has 1 spiro atoms. The molecule has 5 heterocycles. The third-order valence-corrected chi connectivity index (χ3v) is 8.58. The molecule has 204 valence electrons. The number of rotatable bonds is 8. The molecular weight excluding hydrogens is 478 g/mol. The molecule has 0 saturated carbocycles. The minimum Gasteiger partial charge on any atom is -0.465 e. The zero-order valence-corrected chi connectivity index (χ0v) is 21.7. The van der Waals surface area contributed by atoms with Gasteiger partial charge in [0.05, 0.1) is 25.7 Å². The number of aliphatic hydroxyl groups is 1. The standard InChI is InChI=1S/C27H39N3O7/c1-2-26-8-3-6-17-36-25(34)21(26)20-23(32)30(11-4-5-16-31)22-24(33)29(10-7-9-27(20,22)37-26)13-12-28-14-18-35-19-15-28/h3,7-9,20-22,31H,2,4-6,10-19H2,1H3/t20-,21+,22?,26-,27-/m0/s1. The van der Waals surface area contributed by atoms with Crippen LogP contribution >= 0.6 is 0 Å². The number of carbonyl (C=O) groups is 3. The number of likely N-dealkylation sites (tertiary alicyclic amines) is 1. The van der Waals surface area contributed by atoms with Crippen molar-refractivity contribution < 1.29 is 33.7 Å². The summed E-state index contributed by atoms with van der Waals surface area (Å²) in [4.78, 5) is 47.4. The van der Waals surface area contributed by atoms with Crippen LogP contribution in [0.25, 0.3) is 0 Å². The number of amides is 2. The summed E-state index contributed by atoms with van der Waals surface area (Å²) in [6, 6.07) is -0.870. The lowest BCUT2D eigenvalue weighted by Gasteiger charge is -2.39. The van der Waals surface area contributed by atoms with Gasteiger partial charge in [0.2, 0.25) is 11.8 Å². The summed E-state index contributed by atoms with van der Waals surface area (Å²) in [5, 5.41) is 9.35. The number of hydrogen-bond acceptors (Lipinski definition) is 8. The molecule has 37 heavy (non-hydrogen) atoms. The lowest BCUT2D eigenvalue weighted by molar-refractivity contribution is -0.161. The highest BCUT2D eigenvalue weighted by molar-refractivity contribution is 5.99. The number of unbranched alkanes of at least 4 members (excludes halogenated alkanes) is 1. The van der Waals surface area contributed by atoms with E-state index in [0.717, 1.165) is 19.6 Å². The SMILES string of the molecule is CC[C@]12C=CCCOC(=O)[C@H]1[C@H]1C(=O)N(CCCCO)C3C(=O)N(CCN4CCOCC4)CC=C[C@@]31O2. The van der Waals surface area contributed by atoms with Crippen LogP contribution in [0.3, 0.4) is 0 Å².